The monoisotopic (exact) mass is 597 g/mol. The standard InChI is InChI=1S/C29H35N5O9/c1-32(2)19-9-13(5-6-14-7-8-20(43-14)34(41)42)23(35)15-10-17-25(37)29(40)18(12-28(17,31)11-16(15)19)22(33(3)4)24(36)21(26(29)38)27(30)39/h7-9,18,22,35,37-38,40H,5-6,10-12,31H2,1-4H3,(H2,30,39)/t18?,22-,28-,29+/m0/s1. The second-order valence-corrected chi connectivity index (χ2v) is 12.0. The molecule has 0 saturated carbocycles. The smallest absolute Gasteiger partial charge is 0.433 e. The molecule has 0 spiro atoms. The molecule has 43 heavy (non-hydrogen) atoms. The van der Waals surface area contributed by atoms with Gasteiger partial charge in [0, 0.05) is 49.6 Å². The topological polar surface area (TPSA) is 230 Å². The number of furan rings is 1. The van der Waals surface area contributed by atoms with Gasteiger partial charge in [0.25, 0.3) is 5.91 Å². The number of hydrogen-bond acceptors (Lipinski definition) is 12. The minimum atomic E-state index is -2.52. The van der Waals surface area contributed by atoms with Gasteiger partial charge in [-0.05, 0) is 62.2 Å². The van der Waals surface area contributed by atoms with Crippen molar-refractivity contribution in [2.24, 2.45) is 17.4 Å². The highest BCUT2D eigenvalue weighted by Crippen LogP contribution is 2.55. The molecule has 14 heteroatoms. The maximum absolute atomic E-state index is 13.3. The molecule has 4 atom stereocenters. The number of aromatic hydroxyl groups is 1. The Morgan fingerprint density at radius 3 is 2.37 bits per heavy atom. The van der Waals surface area contributed by atoms with E-state index < -0.39 is 56.8 Å². The van der Waals surface area contributed by atoms with Crippen LogP contribution in [0.4, 0.5) is 11.6 Å². The van der Waals surface area contributed by atoms with Gasteiger partial charge in [0.15, 0.2) is 11.4 Å². The van der Waals surface area contributed by atoms with Crippen LogP contribution >= 0.6 is 0 Å². The molecule has 1 unspecified atom stereocenters. The number of phenolic OH excluding ortho intramolecular Hbond substituents is 1. The molecule has 8 N–H and O–H groups in total. The highest BCUT2D eigenvalue weighted by molar-refractivity contribution is 6.22. The van der Waals surface area contributed by atoms with Gasteiger partial charge in [-0.2, -0.15) is 0 Å². The van der Waals surface area contributed by atoms with Crippen LogP contribution in [0.15, 0.2) is 45.3 Å². The van der Waals surface area contributed by atoms with Crippen LogP contribution in [0.3, 0.4) is 0 Å². The molecule has 14 nitrogen and oxygen atoms in total. The third kappa shape index (κ3) is 4.44. The van der Waals surface area contributed by atoms with Gasteiger partial charge in [-0.15, -0.1) is 0 Å². The zero-order valence-corrected chi connectivity index (χ0v) is 24.2. The molecule has 0 saturated heterocycles. The van der Waals surface area contributed by atoms with Crippen molar-refractivity contribution in [2.75, 3.05) is 33.1 Å². The number of anilines is 1. The fraction of sp³-hybridized carbons (Fsp3) is 0.448. The van der Waals surface area contributed by atoms with E-state index in [2.05, 4.69) is 0 Å². The van der Waals surface area contributed by atoms with Crippen LogP contribution < -0.4 is 16.4 Å². The normalized spacial score (nSPS) is 26.7. The third-order valence-corrected chi connectivity index (χ3v) is 9.04. The van der Waals surface area contributed by atoms with Gasteiger partial charge in [-0.3, -0.25) is 24.6 Å². The number of nitrogens with zero attached hydrogens (tertiary/aromatic N) is 3. The number of carbonyl (C=O) groups is 2. The summed E-state index contributed by atoms with van der Waals surface area (Å²) in [4.78, 5) is 39.2. The van der Waals surface area contributed by atoms with Crippen molar-refractivity contribution in [3.63, 3.8) is 0 Å². The number of aryl methyl sites for hydroxylation is 2. The Labute approximate surface area is 246 Å². The number of rotatable bonds is 7. The molecule has 3 aliphatic carbocycles. The van der Waals surface area contributed by atoms with Gasteiger partial charge in [0.1, 0.15) is 33.5 Å². The minimum Gasteiger partial charge on any atom is -0.509 e. The van der Waals surface area contributed by atoms with Crippen LogP contribution in [0.2, 0.25) is 0 Å². The van der Waals surface area contributed by atoms with E-state index in [1.54, 1.807) is 14.1 Å². The summed E-state index contributed by atoms with van der Waals surface area (Å²) in [6.45, 7) is 0. The third-order valence-electron chi connectivity index (χ3n) is 9.04. The first-order chi connectivity index (χ1) is 20.0. The number of ketones is 1. The number of amides is 1. The van der Waals surface area contributed by atoms with E-state index in [9.17, 15) is 40.1 Å². The molecule has 1 aromatic heterocycles. The van der Waals surface area contributed by atoms with Crippen LogP contribution in [0, 0.1) is 16.0 Å². The second-order valence-electron chi connectivity index (χ2n) is 12.0. The van der Waals surface area contributed by atoms with E-state index in [0.29, 0.717) is 22.5 Å². The van der Waals surface area contributed by atoms with Gasteiger partial charge in [0.2, 0.25) is 0 Å². The first kappa shape index (κ1) is 30.1. The number of benzene rings is 1. The summed E-state index contributed by atoms with van der Waals surface area (Å²) in [5.41, 5.74) is 10.4. The Kier molecular flexibility index (Phi) is 7.07. The van der Waals surface area contributed by atoms with Crippen LogP contribution in [-0.2, 0) is 35.3 Å². The lowest BCUT2D eigenvalue weighted by Crippen LogP contribution is -2.67. The average molecular weight is 598 g/mol. The number of aliphatic hydroxyl groups excluding tert-OH is 2. The van der Waals surface area contributed by atoms with Gasteiger partial charge < -0.3 is 41.2 Å². The van der Waals surface area contributed by atoms with Crippen molar-refractivity contribution >= 4 is 23.3 Å². The lowest BCUT2D eigenvalue weighted by molar-refractivity contribution is -0.402. The molecule has 0 fully saturated rings. The number of primary amides is 1. The summed E-state index contributed by atoms with van der Waals surface area (Å²) >= 11 is 0. The predicted molar refractivity (Wildman–Crippen MR) is 154 cm³/mol. The summed E-state index contributed by atoms with van der Waals surface area (Å²) in [7, 11) is 6.80. The van der Waals surface area contributed by atoms with E-state index in [1.165, 1.54) is 17.0 Å². The number of hydrogen-bond donors (Lipinski definition) is 6. The minimum absolute atomic E-state index is 0.0420. The van der Waals surface area contributed by atoms with E-state index in [0.717, 1.165) is 5.69 Å². The average Bonchev–Trinajstić information content (AvgIpc) is 3.39. The Bertz CT molecular complexity index is 1620. The van der Waals surface area contributed by atoms with Gasteiger partial charge in [-0.1, -0.05) is 0 Å². The number of likely N-dealkylation sites (N-methyl/N-ethyl adjacent to an activating group) is 1. The first-order valence-electron chi connectivity index (χ1n) is 13.7. The van der Waals surface area contributed by atoms with E-state index in [4.69, 9.17) is 15.9 Å². The Hall–Kier alpha value is -4.40. The number of Topliss-reactive ketones (excluding diaryl/α,β-unsaturated/α-hetero) is 1. The lowest BCUT2D eigenvalue weighted by atomic mass is 9.56. The summed E-state index contributed by atoms with van der Waals surface area (Å²) in [6.07, 6.45) is 0.520. The zero-order chi connectivity index (χ0) is 31.8. The molecule has 5 rings (SSSR count). The number of aliphatic hydroxyl groups is 3. The number of nitrogens with two attached hydrogens (primary N) is 2. The van der Waals surface area contributed by atoms with Crippen molar-refractivity contribution in [1.82, 2.24) is 4.90 Å². The maximum Gasteiger partial charge on any atom is 0.433 e. The molecule has 0 bridgehead atoms. The lowest BCUT2D eigenvalue weighted by Gasteiger charge is -2.54. The highest BCUT2D eigenvalue weighted by Gasteiger charge is 2.64. The molecule has 1 heterocycles. The fourth-order valence-corrected chi connectivity index (χ4v) is 6.98. The molecule has 1 amide bonds. The second kappa shape index (κ2) is 10.1. The van der Waals surface area contributed by atoms with Crippen LogP contribution in [0.25, 0.3) is 0 Å². The van der Waals surface area contributed by atoms with Crippen molar-refractivity contribution in [1.29, 1.82) is 0 Å². The van der Waals surface area contributed by atoms with Crippen molar-refractivity contribution in [2.45, 2.75) is 49.3 Å². The summed E-state index contributed by atoms with van der Waals surface area (Å²) in [6, 6.07) is 3.44. The Balaban J connectivity index is 1.63. The Morgan fingerprint density at radius 1 is 1.14 bits per heavy atom. The first-order valence-corrected chi connectivity index (χ1v) is 13.7. The van der Waals surface area contributed by atoms with E-state index >= 15 is 0 Å². The predicted octanol–water partition coefficient (Wildman–Crippen LogP) is 0.914. The number of fused-ring (bicyclic) bond motifs is 3. The maximum atomic E-state index is 13.3. The molecular weight excluding hydrogens is 562 g/mol. The molecule has 0 radical (unpaired) electrons. The summed E-state index contributed by atoms with van der Waals surface area (Å²) in [5.74, 6) is -4.94. The highest BCUT2D eigenvalue weighted by atomic mass is 16.6. The largest absolute Gasteiger partial charge is 0.509 e. The van der Waals surface area contributed by atoms with Gasteiger partial charge >= 0.3 is 5.88 Å². The number of phenols is 1. The molecule has 3 aliphatic rings. The van der Waals surface area contributed by atoms with Crippen molar-refractivity contribution in [3.05, 3.63) is 73.4 Å². The number of nitro groups is 1. The fourth-order valence-electron chi connectivity index (χ4n) is 6.98. The van der Waals surface area contributed by atoms with Crippen LogP contribution in [-0.4, -0.2) is 87.3 Å². The Morgan fingerprint density at radius 2 is 1.81 bits per heavy atom. The molecule has 0 aliphatic heterocycles. The van der Waals surface area contributed by atoms with Crippen molar-refractivity contribution < 1.29 is 39.4 Å². The van der Waals surface area contributed by atoms with Crippen LogP contribution in [0.5, 0.6) is 5.75 Å². The molecule has 1 aromatic carbocycles. The van der Waals surface area contributed by atoms with Gasteiger partial charge in [-0.25, -0.2) is 0 Å². The quantitative estimate of drug-likeness (QED) is 0.149. The summed E-state index contributed by atoms with van der Waals surface area (Å²) < 4.78 is 5.26. The molecule has 2 aromatic rings. The zero-order valence-electron chi connectivity index (χ0n) is 24.2. The number of carbonyl (C=O) groups excluding carboxylic acids is 2. The summed E-state index contributed by atoms with van der Waals surface area (Å²) in [5, 5.41) is 57.1. The molecular formula is C29H35N5O9. The van der Waals surface area contributed by atoms with Crippen molar-refractivity contribution in [3.8, 4) is 5.75 Å². The van der Waals surface area contributed by atoms with E-state index in [-0.39, 0.29) is 49.3 Å². The van der Waals surface area contributed by atoms with Gasteiger partial charge in [0.05, 0.1) is 12.1 Å². The molecule has 230 valence electrons. The van der Waals surface area contributed by atoms with Crippen LogP contribution in [0.1, 0.15) is 28.9 Å². The van der Waals surface area contributed by atoms with E-state index in [1.807, 2.05) is 25.1 Å². The SMILES string of the molecule is CN(C)c1cc(CCc2ccc([N+](=O)[O-])o2)c(O)c2c1C[C@]1(N)CC3[C@H](N(C)C)C(=O)C(C(N)=O)=C(O)[C@]3(O)C(O)=C1C2.